The number of carboxylic acid groups (broad SMARTS) is 1. The second-order valence-electron chi connectivity index (χ2n) is 2.34. The lowest BCUT2D eigenvalue weighted by Gasteiger charge is -2.14. The van der Waals surface area contributed by atoms with Crippen LogP contribution in [-0.4, -0.2) is 35.0 Å². The molecule has 1 atom stereocenters. The Morgan fingerprint density at radius 2 is 2.40 bits per heavy atom. The van der Waals surface area contributed by atoms with Gasteiger partial charge in [-0.05, 0) is 12.8 Å². The Morgan fingerprint density at radius 1 is 1.70 bits per heavy atom. The number of hydrogen-bond acceptors (Lipinski definition) is 2. The molecule has 0 spiro atoms. The maximum Gasteiger partial charge on any atom is 0.326 e. The molecule has 0 aliphatic carbocycles. The fourth-order valence-corrected chi connectivity index (χ4v) is 1.18. The van der Waals surface area contributed by atoms with Crippen molar-refractivity contribution in [1.29, 1.82) is 0 Å². The summed E-state index contributed by atoms with van der Waals surface area (Å²) >= 11 is 0. The minimum Gasteiger partial charge on any atom is -0.480 e. The average molecular weight is 143 g/mol. The van der Waals surface area contributed by atoms with Gasteiger partial charge in [0.2, 0.25) is 6.41 Å². The van der Waals surface area contributed by atoms with E-state index < -0.39 is 12.0 Å². The molecule has 1 aliphatic rings. The number of likely N-dealkylation sites (tertiary alicyclic amines) is 1. The van der Waals surface area contributed by atoms with E-state index in [4.69, 9.17) is 5.11 Å². The second-order valence-corrected chi connectivity index (χ2v) is 2.34. The molecule has 1 rings (SSSR count). The fourth-order valence-electron chi connectivity index (χ4n) is 1.18. The Hall–Kier alpha value is -1.06. The lowest BCUT2D eigenvalue weighted by Crippen LogP contribution is -2.34. The fraction of sp³-hybridized carbons (Fsp3) is 0.667. The highest BCUT2D eigenvalue weighted by Crippen LogP contribution is 2.14. The number of aliphatic carboxylic acids is 1. The zero-order valence-electron chi connectivity index (χ0n) is 5.49. The molecule has 0 bridgehead atoms. The minimum atomic E-state index is -0.899. The quantitative estimate of drug-likeness (QED) is 0.539. The molecule has 1 N–H and O–H groups in total. The number of carbonyl (C=O) groups is 2. The maximum absolute atomic E-state index is 10.4. The predicted molar refractivity (Wildman–Crippen MR) is 33.4 cm³/mol. The molecule has 1 saturated heterocycles. The summed E-state index contributed by atoms with van der Waals surface area (Å²) in [6, 6.07) is -0.572. The molecule has 4 heteroatoms. The predicted octanol–water partition coefficient (Wildman–Crippen LogP) is -0.308. The smallest absolute Gasteiger partial charge is 0.326 e. The summed E-state index contributed by atoms with van der Waals surface area (Å²) in [5, 5.41) is 8.51. The van der Waals surface area contributed by atoms with E-state index in [1.807, 2.05) is 0 Å². The van der Waals surface area contributed by atoms with Gasteiger partial charge in [0.25, 0.3) is 0 Å². The van der Waals surface area contributed by atoms with E-state index >= 15 is 0 Å². The van der Waals surface area contributed by atoms with E-state index in [9.17, 15) is 9.59 Å². The first kappa shape index (κ1) is 7.05. The number of amides is 1. The van der Waals surface area contributed by atoms with Crippen molar-refractivity contribution in [2.24, 2.45) is 0 Å². The molecule has 0 aromatic rings. The Balaban J connectivity index is 2.58. The highest BCUT2D eigenvalue weighted by atomic mass is 16.4. The largest absolute Gasteiger partial charge is 0.480 e. The molecule has 0 radical (unpaired) electrons. The van der Waals surface area contributed by atoms with Crippen LogP contribution >= 0.6 is 0 Å². The van der Waals surface area contributed by atoms with Gasteiger partial charge in [0.15, 0.2) is 0 Å². The van der Waals surface area contributed by atoms with Gasteiger partial charge in [-0.15, -0.1) is 0 Å². The van der Waals surface area contributed by atoms with E-state index in [0.29, 0.717) is 19.4 Å². The SMILES string of the molecule is O=CN1CCC[C@H]1C(=O)O. The van der Waals surface area contributed by atoms with E-state index in [0.717, 1.165) is 6.42 Å². The number of carboxylic acids is 1. The highest BCUT2D eigenvalue weighted by molar-refractivity contribution is 5.76. The van der Waals surface area contributed by atoms with Crippen LogP contribution in [0.25, 0.3) is 0 Å². The van der Waals surface area contributed by atoms with Crippen LogP contribution in [0.5, 0.6) is 0 Å². The van der Waals surface area contributed by atoms with Gasteiger partial charge in [-0.1, -0.05) is 0 Å². The summed E-state index contributed by atoms with van der Waals surface area (Å²) in [6.45, 7) is 0.584. The lowest BCUT2D eigenvalue weighted by molar-refractivity contribution is -0.144. The van der Waals surface area contributed by atoms with Crippen LogP contribution in [0.2, 0.25) is 0 Å². The van der Waals surface area contributed by atoms with Gasteiger partial charge in [-0.3, -0.25) is 4.79 Å². The first-order valence-corrected chi connectivity index (χ1v) is 3.19. The second kappa shape index (κ2) is 2.68. The zero-order chi connectivity index (χ0) is 7.56. The first-order chi connectivity index (χ1) is 4.75. The van der Waals surface area contributed by atoms with Crippen molar-refractivity contribution in [1.82, 2.24) is 4.90 Å². The number of rotatable bonds is 2. The Kier molecular flexibility index (Phi) is 1.89. The molecule has 0 unspecified atom stereocenters. The molecule has 1 heterocycles. The summed E-state index contributed by atoms with van der Waals surface area (Å²) in [4.78, 5) is 21.9. The number of hydrogen-bond donors (Lipinski definition) is 1. The third-order valence-corrected chi connectivity index (χ3v) is 1.71. The molecule has 1 aliphatic heterocycles. The first-order valence-electron chi connectivity index (χ1n) is 3.19. The van der Waals surface area contributed by atoms with Crippen molar-refractivity contribution in [3.8, 4) is 0 Å². The Morgan fingerprint density at radius 3 is 2.80 bits per heavy atom. The molecule has 10 heavy (non-hydrogen) atoms. The molecule has 4 nitrogen and oxygen atoms in total. The summed E-state index contributed by atoms with van der Waals surface area (Å²) in [7, 11) is 0. The molecular formula is C6H9NO3. The van der Waals surface area contributed by atoms with Gasteiger partial charge in [0.1, 0.15) is 6.04 Å². The van der Waals surface area contributed by atoms with Crippen molar-refractivity contribution in [2.45, 2.75) is 18.9 Å². The van der Waals surface area contributed by atoms with Gasteiger partial charge in [0.05, 0.1) is 0 Å². The third kappa shape index (κ3) is 1.10. The van der Waals surface area contributed by atoms with Crippen molar-refractivity contribution in [3.63, 3.8) is 0 Å². The van der Waals surface area contributed by atoms with Crippen LogP contribution in [0.15, 0.2) is 0 Å². The van der Waals surface area contributed by atoms with Gasteiger partial charge < -0.3 is 10.0 Å². The van der Waals surface area contributed by atoms with Crippen LogP contribution < -0.4 is 0 Å². The highest BCUT2D eigenvalue weighted by Gasteiger charge is 2.28. The van der Waals surface area contributed by atoms with Crippen LogP contribution in [0.1, 0.15) is 12.8 Å². The van der Waals surface area contributed by atoms with Crippen LogP contribution in [0.4, 0.5) is 0 Å². The van der Waals surface area contributed by atoms with E-state index in [1.165, 1.54) is 4.90 Å². The standard InChI is InChI=1S/C6H9NO3/c8-4-7-3-1-2-5(7)6(9)10/h4-5H,1-3H2,(H,9,10)/t5-/m0/s1. The minimum absolute atomic E-state index is 0.572. The monoisotopic (exact) mass is 143 g/mol. The van der Waals surface area contributed by atoms with E-state index in [-0.39, 0.29) is 0 Å². The average Bonchev–Trinajstić information content (AvgIpc) is 2.33. The van der Waals surface area contributed by atoms with Gasteiger partial charge in [-0.2, -0.15) is 0 Å². The van der Waals surface area contributed by atoms with Crippen molar-refractivity contribution in [3.05, 3.63) is 0 Å². The van der Waals surface area contributed by atoms with Crippen LogP contribution in [0, 0.1) is 0 Å². The molecule has 1 fully saturated rings. The molecule has 0 saturated carbocycles. The van der Waals surface area contributed by atoms with Gasteiger partial charge >= 0.3 is 5.97 Å². The van der Waals surface area contributed by atoms with Crippen molar-refractivity contribution >= 4 is 12.4 Å². The Bertz CT molecular complexity index is 157. The topological polar surface area (TPSA) is 57.6 Å². The van der Waals surface area contributed by atoms with Crippen LogP contribution in [0.3, 0.4) is 0 Å². The molecule has 56 valence electrons. The zero-order valence-corrected chi connectivity index (χ0v) is 5.49. The molecule has 0 aromatic carbocycles. The molecule has 0 aromatic heterocycles. The third-order valence-electron chi connectivity index (χ3n) is 1.71. The van der Waals surface area contributed by atoms with Crippen molar-refractivity contribution in [2.75, 3.05) is 6.54 Å². The van der Waals surface area contributed by atoms with Crippen molar-refractivity contribution < 1.29 is 14.7 Å². The Labute approximate surface area is 58.4 Å². The summed E-state index contributed by atoms with van der Waals surface area (Å²) in [5.41, 5.74) is 0. The lowest BCUT2D eigenvalue weighted by atomic mass is 10.2. The summed E-state index contributed by atoms with van der Waals surface area (Å²) < 4.78 is 0. The van der Waals surface area contributed by atoms with Gasteiger partial charge in [-0.25, -0.2) is 4.79 Å². The van der Waals surface area contributed by atoms with Crippen LogP contribution in [-0.2, 0) is 9.59 Å². The summed E-state index contributed by atoms with van der Waals surface area (Å²) in [5.74, 6) is -0.899. The number of carbonyl (C=O) groups excluding carboxylic acids is 1. The van der Waals surface area contributed by atoms with Gasteiger partial charge in [0, 0.05) is 6.54 Å². The molecule has 1 amide bonds. The normalized spacial score (nSPS) is 24.8. The maximum atomic E-state index is 10.4. The number of nitrogens with zero attached hydrogens (tertiary/aromatic N) is 1. The summed E-state index contributed by atoms with van der Waals surface area (Å²) in [6.07, 6.45) is 2.00. The van der Waals surface area contributed by atoms with E-state index in [1.54, 1.807) is 0 Å². The van der Waals surface area contributed by atoms with E-state index in [2.05, 4.69) is 0 Å². The molecular weight excluding hydrogens is 134 g/mol.